The van der Waals surface area contributed by atoms with E-state index in [4.69, 9.17) is 4.74 Å². The van der Waals surface area contributed by atoms with Crippen molar-refractivity contribution in [3.63, 3.8) is 0 Å². The molecule has 1 fully saturated rings. The van der Waals surface area contributed by atoms with Crippen molar-refractivity contribution in [3.8, 4) is 0 Å². The number of ether oxygens (including phenoxy) is 1. The smallest absolute Gasteiger partial charge is 0.338 e. The maximum Gasteiger partial charge on any atom is 0.338 e. The fourth-order valence-corrected chi connectivity index (χ4v) is 4.90. The molecule has 2 unspecified atom stereocenters. The maximum atomic E-state index is 12.7. The Morgan fingerprint density at radius 1 is 0.920 bits per heavy atom. The molecule has 0 amide bonds. The molecule has 1 aliphatic heterocycles. The Morgan fingerprint density at radius 3 is 1.76 bits per heavy atom. The van der Waals surface area contributed by atoms with E-state index >= 15 is 0 Å². The Balaban J connectivity index is 2.37. The summed E-state index contributed by atoms with van der Waals surface area (Å²) >= 11 is 0. The third kappa shape index (κ3) is 3.48. The molecule has 0 saturated carbocycles. The molecule has 1 heterocycles. The summed E-state index contributed by atoms with van der Waals surface area (Å²) in [6, 6.07) is 9.36. The quantitative estimate of drug-likeness (QED) is 0.720. The van der Waals surface area contributed by atoms with E-state index in [1.165, 1.54) is 0 Å². The number of carbonyl (C=O) groups is 1. The van der Waals surface area contributed by atoms with Crippen LogP contribution in [0.25, 0.3) is 0 Å². The molecule has 0 spiro atoms. The molecule has 0 radical (unpaired) electrons. The normalized spacial score (nSPS) is 27.7. The molecule has 1 N–H and O–H groups in total. The highest BCUT2D eigenvalue weighted by atomic mass is 16.5. The van der Waals surface area contributed by atoms with E-state index in [-0.39, 0.29) is 35.0 Å². The molecule has 0 aliphatic carbocycles. The van der Waals surface area contributed by atoms with Gasteiger partial charge in [0.05, 0.1) is 5.56 Å². The van der Waals surface area contributed by atoms with Crippen LogP contribution in [0.2, 0.25) is 0 Å². The summed E-state index contributed by atoms with van der Waals surface area (Å²) in [6.07, 6.45) is 4.09. The zero-order chi connectivity index (χ0) is 18.7. The molecular formula is C22H35NO2. The summed E-state index contributed by atoms with van der Waals surface area (Å²) in [5.41, 5.74) is 0.665. The van der Waals surface area contributed by atoms with Crippen molar-refractivity contribution in [2.24, 2.45) is 11.8 Å². The van der Waals surface area contributed by atoms with Gasteiger partial charge in [0.1, 0.15) is 6.10 Å². The van der Waals surface area contributed by atoms with Gasteiger partial charge in [0.15, 0.2) is 0 Å². The second kappa shape index (κ2) is 7.90. The number of esters is 1. The van der Waals surface area contributed by atoms with Crippen molar-refractivity contribution in [2.75, 3.05) is 0 Å². The van der Waals surface area contributed by atoms with Crippen LogP contribution in [0, 0.1) is 11.8 Å². The molecule has 0 aromatic heterocycles. The monoisotopic (exact) mass is 345 g/mol. The second-order valence-corrected chi connectivity index (χ2v) is 7.66. The lowest BCUT2D eigenvalue weighted by atomic mass is 9.62. The van der Waals surface area contributed by atoms with Crippen molar-refractivity contribution in [1.82, 2.24) is 5.32 Å². The van der Waals surface area contributed by atoms with Gasteiger partial charge in [0, 0.05) is 22.9 Å². The minimum absolute atomic E-state index is 0.0141. The van der Waals surface area contributed by atoms with E-state index in [1.54, 1.807) is 0 Å². The van der Waals surface area contributed by atoms with Gasteiger partial charge in [-0.1, -0.05) is 59.7 Å². The third-order valence-electron chi connectivity index (χ3n) is 7.00. The Morgan fingerprint density at radius 2 is 1.36 bits per heavy atom. The minimum Gasteiger partial charge on any atom is -0.458 e. The SMILES string of the molecule is CCC1(CC)NC(CC)(CC)C(C)C(OC(=O)c2ccccc2)C1C. The average Bonchev–Trinajstić information content (AvgIpc) is 2.67. The molecule has 1 aliphatic rings. The number of hydrogen-bond donors (Lipinski definition) is 1. The summed E-state index contributed by atoms with van der Waals surface area (Å²) < 4.78 is 6.14. The second-order valence-electron chi connectivity index (χ2n) is 7.66. The lowest BCUT2D eigenvalue weighted by molar-refractivity contribution is -0.0958. The van der Waals surface area contributed by atoms with Crippen molar-refractivity contribution >= 4 is 5.97 Å². The van der Waals surface area contributed by atoms with Gasteiger partial charge >= 0.3 is 5.97 Å². The first-order valence-corrected chi connectivity index (χ1v) is 9.95. The van der Waals surface area contributed by atoms with E-state index in [1.807, 2.05) is 30.3 Å². The Kier molecular flexibility index (Phi) is 6.31. The first-order chi connectivity index (χ1) is 11.9. The Bertz CT molecular complexity index is 537. The zero-order valence-electron chi connectivity index (χ0n) is 16.8. The molecule has 1 aromatic carbocycles. The summed E-state index contributed by atoms with van der Waals surface area (Å²) in [5, 5.41) is 4.03. The van der Waals surface area contributed by atoms with Crippen LogP contribution in [-0.2, 0) is 4.74 Å². The predicted molar refractivity (Wildman–Crippen MR) is 104 cm³/mol. The molecule has 2 rings (SSSR count). The van der Waals surface area contributed by atoms with E-state index in [0.29, 0.717) is 5.56 Å². The summed E-state index contributed by atoms with van der Waals surface area (Å²) in [6.45, 7) is 13.5. The van der Waals surface area contributed by atoms with Gasteiger partial charge in [0.2, 0.25) is 0 Å². The molecule has 0 bridgehead atoms. The number of nitrogens with one attached hydrogen (secondary N) is 1. The molecule has 3 nitrogen and oxygen atoms in total. The zero-order valence-corrected chi connectivity index (χ0v) is 16.8. The van der Waals surface area contributed by atoms with Gasteiger partial charge in [-0.3, -0.25) is 0 Å². The molecule has 140 valence electrons. The van der Waals surface area contributed by atoms with E-state index < -0.39 is 0 Å². The summed E-state index contributed by atoms with van der Waals surface area (Å²) in [7, 11) is 0. The van der Waals surface area contributed by atoms with E-state index in [0.717, 1.165) is 25.7 Å². The van der Waals surface area contributed by atoms with Crippen LogP contribution >= 0.6 is 0 Å². The number of benzene rings is 1. The van der Waals surface area contributed by atoms with E-state index in [2.05, 4.69) is 46.9 Å². The molecule has 1 aromatic rings. The molecule has 3 heteroatoms. The van der Waals surface area contributed by atoms with Crippen molar-refractivity contribution < 1.29 is 9.53 Å². The van der Waals surface area contributed by atoms with Gasteiger partial charge in [-0.15, -0.1) is 0 Å². The van der Waals surface area contributed by atoms with Crippen LogP contribution in [0.1, 0.15) is 77.6 Å². The van der Waals surface area contributed by atoms with Crippen LogP contribution in [0.3, 0.4) is 0 Å². The molecule has 2 atom stereocenters. The number of piperidine rings is 1. The first-order valence-electron chi connectivity index (χ1n) is 9.95. The van der Waals surface area contributed by atoms with Gasteiger partial charge < -0.3 is 10.1 Å². The number of rotatable bonds is 6. The van der Waals surface area contributed by atoms with Crippen molar-refractivity contribution in [3.05, 3.63) is 35.9 Å². The van der Waals surface area contributed by atoms with Gasteiger partial charge in [0.25, 0.3) is 0 Å². The van der Waals surface area contributed by atoms with Crippen molar-refractivity contribution in [1.29, 1.82) is 0 Å². The minimum atomic E-state index is -0.201. The predicted octanol–water partition coefficient (Wildman–Crippen LogP) is 5.21. The lowest BCUT2D eigenvalue weighted by Crippen LogP contribution is -2.72. The van der Waals surface area contributed by atoms with Crippen LogP contribution in [0.5, 0.6) is 0 Å². The number of carbonyl (C=O) groups excluding carboxylic acids is 1. The van der Waals surface area contributed by atoms with Crippen LogP contribution in [0.4, 0.5) is 0 Å². The highest BCUT2D eigenvalue weighted by molar-refractivity contribution is 5.89. The topological polar surface area (TPSA) is 38.3 Å². The van der Waals surface area contributed by atoms with E-state index in [9.17, 15) is 4.79 Å². The first kappa shape index (κ1) is 20.0. The maximum absolute atomic E-state index is 12.7. The fraction of sp³-hybridized carbons (Fsp3) is 0.682. The Hall–Kier alpha value is -1.35. The fourth-order valence-electron chi connectivity index (χ4n) is 4.90. The standard InChI is InChI=1S/C22H35NO2/c1-7-21(8-2)16(5)19(17(6)22(9-3,10-4)23-21)25-20(24)18-14-12-11-13-15-18/h11-17,19,23H,7-10H2,1-6H3. The van der Waals surface area contributed by atoms with Gasteiger partial charge in [-0.05, 0) is 37.8 Å². The number of hydrogen-bond acceptors (Lipinski definition) is 3. The van der Waals surface area contributed by atoms with Crippen molar-refractivity contribution in [2.45, 2.75) is 84.4 Å². The summed E-state index contributed by atoms with van der Waals surface area (Å²) in [5.74, 6) is 0.348. The van der Waals surface area contributed by atoms with Gasteiger partial charge in [-0.25, -0.2) is 4.79 Å². The van der Waals surface area contributed by atoms with Crippen LogP contribution < -0.4 is 5.32 Å². The highest BCUT2D eigenvalue weighted by Crippen LogP contribution is 2.45. The van der Waals surface area contributed by atoms with Crippen LogP contribution in [-0.4, -0.2) is 23.2 Å². The average molecular weight is 346 g/mol. The third-order valence-corrected chi connectivity index (χ3v) is 7.00. The highest BCUT2D eigenvalue weighted by Gasteiger charge is 2.54. The van der Waals surface area contributed by atoms with Crippen LogP contribution in [0.15, 0.2) is 30.3 Å². The molecular weight excluding hydrogens is 310 g/mol. The molecule has 25 heavy (non-hydrogen) atoms. The molecule has 1 saturated heterocycles. The largest absolute Gasteiger partial charge is 0.458 e. The van der Waals surface area contributed by atoms with Gasteiger partial charge in [-0.2, -0.15) is 0 Å². The lowest BCUT2D eigenvalue weighted by Gasteiger charge is -2.58. The summed E-state index contributed by atoms with van der Waals surface area (Å²) in [4.78, 5) is 12.7. The Labute approximate surface area is 153 Å².